The van der Waals surface area contributed by atoms with E-state index in [4.69, 9.17) is 16.0 Å². The van der Waals surface area contributed by atoms with E-state index in [9.17, 15) is 27.2 Å². The summed E-state index contributed by atoms with van der Waals surface area (Å²) in [4.78, 5) is 25.6. The second kappa shape index (κ2) is 10.9. The summed E-state index contributed by atoms with van der Waals surface area (Å²) in [5.74, 6) is -1.55. The number of nitrogens with zero attached hydrogens (tertiary/aromatic N) is 4. The third kappa shape index (κ3) is 5.66. The predicted molar refractivity (Wildman–Crippen MR) is 125 cm³/mol. The van der Waals surface area contributed by atoms with E-state index in [1.54, 1.807) is 37.3 Å². The standard InChI is InChI=1S/C23H19ClF4N6O3/c1-2-33-11-14(17(31-33)23(36)29-12-6-4-3-5-7-12)30-22(35)15-9-8-13(37-15)10-34-19(21(27)28)16(24)18(32-34)20(25)26/h3-9,11,20-21H,2,10H2,1H3,(H,29,36)(H,30,35). The number of hydrogen-bond acceptors (Lipinski definition) is 5. The molecule has 4 rings (SSSR count). The molecule has 3 heterocycles. The lowest BCUT2D eigenvalue weighted by Gasteiger charge is -2.06. The summed E-state index contributed by atoms with van der Waals surface area (Å²) in [5, 5.41) is 12.0. The van der Waals surface area contributed by atoms with Crippen LogP contribution in [0, 0.1) is 0 Å². The van der Waals surface area contributed by atoms with Crippen LogP contribution in [0.25, 0.3) is 0 Å². The minimum atomic E-state index is -3.17. The van der Waals surface area contributed by atoms with Crippen molar-refractivity contribution in [2.75, 3.05) is 10.6 Å². The number of alkyl halides is 4. The van der Waals surface area contributed by atoms with E-state index in [0.29, 0.717) is 16.9 Å². The fraction of sp³-hybridized carbons (Fsp3) is 0.217. The van der Waals surface area contributed by atoms with Gasteiger partial charge >= 0.3 is 0 Å². The Kier molecular flexibility index (Phi) is 7.62. The number of carbonyl (C=O) groups is 2. The maximum absolute atomic E-state index is 13.4. The van der Waals surface area contributed by atoms with Gasteiger partial charge in [0, 0.05) is 18.4 Å². The zero-order valence-electron chi connectivity index (χ0n) is 19.1. The van der Waals surface area contributed by atoms with E-state index in [2.05, 4.69) is 20.8 Å². The van der Waals surface area contributed by atoms with E-state index < -0.39 is 47.6 Å². The zero-order chi connectivity index (χ0) is 26.7. The average molecular weight is 539 g/mol. The van der Waals surface area contributed by atoms with Gasteiger partial charge in [0.2, 0.25) is 0 Å². The summed E-state index contributed by atoms with van der Waals surface area (Å²) >= 11 is 5.66. The summed E-state index contributed by atoms with van der Waals surface area (Å²) in [6, 6.07) is 11.2. The van der Waals surface area contributed by atoms with E-state index >= 15 is 0 Å². The van der Waals surface area contributed by atoms with Gasteiger partial charge in [0.15, 0.2) is 11.5 Å². The van der Waals surface area contributed by atoms with Crippen molar-refractivity contribution in [3.63, 3.8) is 0 Å². The van der Waals surface area contributed by atoms with Gasteiger partial charge in [-0.25, -0.2) is 17.6 Å². The van der Waals surface area contributed by atoms with Gasteiger partial charge in [-0.15, -0.1) is 0 Å². The van der Waals surface area contributed by atoms with E-state index in [1.165, 1.54) is 23.0 Å². The molecule has 0 saturated heterocycles. The maximum atomic E-state index is 13.4. The van der Waals surface area contributed by atoms with E-state index in [-0.39, 0.29) is 22.9 Å². The highest BCUT2D eigenvalue weighted by Gasteiger charge is 2.28. The normalized spacial score (nSPS) is 11.4. The molecule has 2 N–H and O–H groups in total. The Morgan fingerprint density at radius 2 is 1.73 bits per heavy atom. The molecule has 14 heteroatoms. The van der Waals surface area contributed by atoms with Gasteiger partial charge in [-0.05, 0) is 31.2 Å². The molecule has 3 aromatic heterocycles. The number of nitrogens with one attached hydrogen (secondary N) is 2. The topological polar surface area (TPSA) is 107 Å². The second-order valence-electron chi connectivity index (χ2n) is 7.63. The van der Waals surface area contributed by atoms with Crippen molar-refractivity contribution in [1.29, 1.82) is 0 Å². The first-order valence-electron chi connectivity index (χ1n) is 10.8. The Labute approximate surface area is 212 Å². The van der Waals surface area contributed by atoms with Crippen LogP contribution in [0.4, 0.5) is 28.9 Å². The number of amides is 2. The number of anilines is 2. The van der Waals surface area contributed by atoms with Crippen molar-refractivity contribution >= 4 is 34.8 Å². The molecule has 194 valence electrons. The zero-order valence-corrected chi connectivity index (χ0v) is 19.8. The summed E-state index contributed by atoms with van der Waals surface area (Å²) < 4.78 is 60.4. The number of benzene rings is 1. The van der Waals surface area contributed by atoms with Crippen LogP contribution in [0.5, 0.6) is 0 Å². The minimum Gasteiger partial charge on any atom is -0.454 e. The van der Waals surface area contributed by atoms with Crippen molar-refractivity contribution < 1.29 is 31.6 Å². The molecule has 1 aromatic carbocycles. The van der Waals surface area contributed by atoms with Crippen LogP contribution in [0.3, 0.4) is 0 Å². The molecule has 0 spiro atoms. The number of aromatic nitrogens is 4. The highest BCUT2D eigenvalue weighted by molar-refractivity contribution is 6.32. The van der Waals surface area contributed by atoms with Crippen molar-refractivity contribution in [1.82, 2.24) is 19.6 Å². The third-order valence-electron chi connectivity index (χ3n) is 5.14. The highest BCUT2D eigenvalue weighted by atomic mass is 35.5. The summed E-state index contributed by atoms with van der Waals surface area (Å²) in [5.41, 5.74) is -1.27. The Morgan fingerprint density at radius 3 is 2.38 bits per heavy atom. The molecule has 2 amide bonds. The molecule has 0 fully saturated rings. The predicted octanol–water partition coefficient (Wildman–Crippen LogP) is 5.77. The summed E-state index contributed by atoms with van der Waals surface area (Å²) in [7, 11) is 0. The van der Waals surface area contributed by atoms with Gasteiger partial charge in [-0.2, -0.15) is 10.2 Å². The van der Waals surface area contributed by atoms with Crippen LogP contribution in [0.1, 0.15) is 58.0 Å². The van der Waals surface area contributed by atoms with Crippen LogP contribution in [0.2, 0.25) is 5.02 Å². The van der Waals surface area contributed by atoms with Crippen molar-refractivity contribution in [3.05, 3.63) is 82.3 Å². The molecule has 0 atom stereocenters. The number of para-hydroxylation sites is 1. The van der Waals surface area contributed by atoms with Gasteiger partial charge in [-0.3, -0.25) is 19.0 Å². The average Bonchev–Trinajstić information content (AvgIpc) is 3.57. The molecule has 0 aliphatic heterocycles. The smallest absolute Gasteiger partial charge is 0.291 e. The number of hydrogen-bond donors (Lipinski definition) is 2. The quantitative estimate of drug-likeness (QED) is 0.263. The second-order valence-corrected chi connectivity index (χ2v) is 8.01. The Morgan fingerprint density at radius 1 is 1.00 bits per heavy atom. The Bertz CT molecular complexity index is 1420. The fourth-order valence-electron chi connectivity index (χ4n) is 3.41. The van der Waals surface area contributed by atoms with Crippen LogP contribution in [-0.4, -0.2) is 31.4 Å². The molecule has 0 unspecified atom stereocenters. The van der Waals surface area contributed by atoms with Gasteiger partial charge in [0.25, 0.3) is 24.7 Å². The van der Waals surface area contributed by atoms with Gasteiger partial charge in [0.1, 0.15) is 17.1 Å². The van der Waals surface area contributed by atoms with Gasteiger partial charge < -0.3 is 15.1 Å². The van der Waals surface area contributed by atoms with Crippen molar-refractivity contribution in [3.8, 4) is 0 Å². The van der Waals surface area contributed by atoms with E-state index in [1.807, 2.05) is 0 Å². The number of furan rings is 1. The molecule has 37 heavy (non-hydrogen) atoms. The van der Waals surface area contributed by atoms with E-state index in [0.717, 1.165) is 0 Å². The largest absolute Gasteiger partial charge is 0.454 e. The lowest BCUT2D eigenvalue weighted by Crippen LogP contribution is -2.17. The number of aryl methyl sites for hydroxylation is 1. The van der Waals surface area contributed by atoms with Crippen LogP contribution >= 0.6 is 11.6 Å². The fourth-order valence-corrected chi connectivity index (χ4v) is 3.71. The van der Waals surface area contributed by atoms with Crippen LogP contribution < -0.4 is 10.6 Å². The van der Waals surface area contributed by atoms with Crippen LogP contribution in [0.15, 0.2) is 53.1 Å². The molecule has 0 aliphatic rings. The molecule has 0 bridgehead atoms. The lowest BCUT2D eigenvalue weighted by atomic mass is 10.3. The Hall–Kier alpha value is -4.13. The molecule has 9 nitrogen and oxygen atoms in total. The molecular weight excluding hydrogens is 520 g/mol. The van der Waals surface area contributed by atoms with Gasteiger partial charge in [0.05, 0.1) is 17.3 Å². The number of carbonyl (C=O) groups excluding carboxylic acids is 2. The van der Waals surface area contributed by atoms with Crippen molar-refractivity contribution in [2.24, 2.45) is 0 Å². The number of rotatable bonds is 9. The molecule has 4 aromatic rings. The van der Waals surface area contributed by atoms with Crippen molar-refractivity contribution in [2.45, 2.75) is 32.9 Å². The van der Waals surface area contributed by atoms with Gasteiger partial charge in [-0.1, -0.05) is 29.8 Å². The molecule has 0 aliphatic carbocycles. The first-order chi connectivity index (χ1) is 17.7. The SMILES string of the molecule is CCn1cc(NC(=O)c2ccc(Cn3nc(C(F)F)c(Cl)c3C(F)F)o2)c(C(=O)Nc2ccccc2)n1. The monoisotopic (exact) mass is 538 g/mol. The highest BCUT2D eigenvalue weighted by Crippen LogP contribution is 2.35. The lowest BCUT2D eigenvalue weighted by molar-refractivity contribution is 0.0994. The summed E-state index contributed by atoms with van der Waals surface area (Å²) in [6.07, 6.45) is -4.85. The first-order valence-corrected chi connectivity index (χ1v) is 11.2. The third-order valence-corrected chi connectivity index (χ3v) is 5.53. The minimum absolute atomic E-state index is 0.0154. The first kappa shape index (κ1) is 25.9. The molecule has 0 saturated carbocycles. The number of halogens is 5. The summed E-state index contributed by atoms with van der Waals surface area (Å²) in [6.45, 7) is 1.74. The Balaban J connectivity index is 1.52. The molecular formula is C23H19ClF4N6O3. The maximum Gasteiger partial charge on any atom is 0.291 e. The van der Waals surface area contributed by atoms with Crippen LogP contribution in [-0.2, 0) is 13.1 Å². The molecule has 0 radical (unpaired) electrons.